The van der Waals surface area contributed by atoms with Gasteiger partial charge in [-0.05, 0) is 18.4 Å². The van der Waals surface area contributed by atoms with E-state index in [1.807, 2.05) is 13.8 Å². The molecular weight excluding hydrogens is 126 g/mol. The third kappa shape index (κ3) is 5.35. The van der Waals surface area contributed by atoms with E-state index in [0.29, 0.717) is 6.54 Å². The van der Waals surface area contributed by atoms with E-state index in [1.165, 1.54) is 6.08 Å². The third-order valence-electron chi connectivity index (χ3n) is 0.927. The molecule has 0 aliphatic carbocycles. The van der Waals surface area contributed by atoms with Gasteiger partial charge >= 0.3 is 0 Å². The predicted octanol–water partition coefficient (Wildman–Crippen LogP) is 1.15. The van der Waals surface area contributed by atoms with E-state index < -0.39 is 0 Å². The molecule has 0 spiro atoms. The molecule has 0 heterocycles. The summed E-state index contributed by atoms with van der Waals surface area (Å²) in [5.41, 5.74) is -0.0985. The average molecular weight is 140 g/mol. The summed E-state index contributed by atoms with van der Waals surface area (Å²) < 4.78 is 0. The van der Waals surface area contributed by atoms with Gasteiger partial charge < -0.3 is 5.32 Å². The molecule has 57 valence electrons. The number of carbonyl (C=O) groups is 1. The molecule has 0 saturated carbocycles. The van der Waals surface area contributed by atoms with Gasteiger partial charge in [0.05, 0.1) is 0 Å². The highest BCUT2D eigenvalue weighted by Gasteiger charge is 2.09. The largest absolute Gasteiger partial charge is 0.352 e. The van der Waals surface area contributed by atoms with Crippen molar-refractivity contribution in [1.82, 2.24) is 5.32 Å². The summed E-state index contributed by atoms with van der Waals surface area (Å²) >= 11 is 0. The first-order valence-corrected chi connectivity index (χ1v) is 3.21. The molecular formula is C8H14NO. The van der Waals surface area contributed by atoms with E-state index in [9.17, 15) is 4.79 Å². The summed E-state index contributed by atoms with van der Waals surface area (Å²) in [6, 6.07) is 0. The van der Waals surface area contributed by atoms with Crippen LogP contribution in [0.25, 0.3) is 0 Å². The second kappa shape index (κ2) is 3.40. The van der Waals surface area contributed by atoms with Gasteiger partial charge in [-0.1, -0.05) is 20.4 Å². The Labute approximate surface area is 62.3 Å². The summed E-state index contributed by atoms with van der Waals surface area (Å²) in [6.07, 6.45) is 1.26. The van der Waals surface area contributed by atoms with Crippen LogP contribution in [0.2, 0.25) is 0 Å². The Balaban J connectivity index is 3.55. The van der Waals surface area contributed by atoms with Crippen LogP contribution in [0.15, 0.2) is 12.7 Å². The van der Waals surface area contributed by atoms with Crippen LogP contribution < -0.4 is 5.32 Å². The molecule has 1 N–H and O–H groups in total. The van der Waals surface area contributed by atoms with Gasteiger partial charge in [0.2, 0.25) is 5.91 Å². The van der Waals surface area contributed by atoms with E-state index >= 15 is 0 Å². The fraction of sp³-hybridized carbons (Fsp3) is 0.500. The smallest absolute Gasteiger partial charge is 0.243 e. The molecule has 0 atom stereocenters. The Hall–Kier alpha value is -0.790. The minimum absolute atomic E-state index is 0.0985. The lowest BCUT2D eigenvalue weighted by Gasteiger charge is -2.17. The maximum absolute atomic E-state index is 10.6. The fourth-order valence-corrected chi connectivity index (χ4v) is 0.399. The van der Waals surface area contributed by atoms with Gasteiger partial charge in [0.25, 0.3) is 0 Å². The first kappa shape index (κ1) is 9.21. The highest BCUT2D eigenvalue weighted by atomic mass is 16.1. The summed E-state index contributed by atoms with van der Waals surface area (Å²) in [6.45, 7) is 11.6. The van der Waals surface area contributed by atoms with Gasteiger partial charge in [0, 0.05) is 6.54 Å². The predicted molar refractivity (Wildman–Crippen MR) is 42.3 cm³/mol. The summed E-state index contributed by atoms with van der Waals surface area (Å²) in [5, 5.41) is 2.65. The van der Waals surface area contributed by atoms with Crippen molar-refractivity contribution in [2.45, 2.75) is 13.8 Å². The van der Waals surface area contributed by atoms with Crippen molar-refractivity contribution in [2.75, 3.05) is 6.54 Å². The molecule has 2 nitrogen and oxygen atoms in total. The molecule has 0 bridgehead atoms. The Kier molecular flexibility index (Phi) is 3.13. The van der Waals surface area contributed by atoms with Crippen LogP contribution in [0.5, 0.6) is 0 Å². The Morgan fingerprint density at radius 3 is 2.50 bits per heavy atom. The van der Waals surface area contributed by atoms with Gasteiger partial charge in [0.1, 0.15) is 0 Å². The zero-order chi connectivity index (χ0) is 8.20. The topological polar surface area (TPSA) is 29.1 Å². The quantitative estimate of drug-likeness (QED) is 0.585. The number of amides is 1. The fourth-order valence-electron chi connectivity index (χ4n) is 0.399. The van der Waals surface area contributed by atoms with Gasteiger partial charge in [-0.3, -0.25) is 4.79 Å². The number of hydrogen-bond acceptors (Lipinski definition) is 1. The number of hydrogen-bond donors (Lipinski definition) is 1. The van der Waals surface area contributed by atoms with Crippen LogP contribution in [0.1, 0.15) is 13.8 Å². The van der Waals surface area contributed by atoms with E-state index in [0.717, 1.165) is 0 Å². The van der Waals surface area contributed by atoms with Crippen LogP contribution in [-0.2, 0) is 4.79 Å². The van der Waals surface area contributed by atoms with Crippen molar-refractivity contribution in [3.05, 3.63) is 19.6 Å². The molecule has 0 unspecified atom stereocenters. The van der Waals surface area contributed by atoms with E-state index in [2.05, 4.69) is 18.8 Å². The van der Waals surface area contributed by atoms with Crippen molar-refractivity contribution >= 4 is 5.91 Å². The van der Waals surface area contributed by atoms with Crippen molar-refractivity contribution in [1.29, 1.82) is 0 Å². The van der Waals surface area contributed by atoms with Crippen molar-refractivity contribution in [3.63, 3.8) is 0 Å². The highest BCUT2D eigenvalue weighted by molar-refractivity contribution is 5.86. The Bertz CT molecular complexity index is 133. The van der Waals surface area contributed by atoms with Crippen LogP contribution in [0.4, 0.5) is 0 Å². The third-order valence-corrected chi connectivity index (χ3v) is 0.927. The molecule has 0 aromatic carbocycles. The zero-order valence-corrected chi connectivity index (χ0v) is 6.61. The Morgan fingerprint density at radius 1 is 1.70 bits per heavy atom. The van der Waals surface area contributed by atoms with Gasteiger partial charge in [-0.2, -0.15) is 0 Å². The van der Waals surface area contributed by atoms with Crippen LogP contribution in [0, 0.1) is 12.3 Å². The van der Waals surface area contributed by atoms with Crippen molar-refractivity contribution in [3.8, 4) is 0 Å². The van der Waals surface area contributed by atoms with Crippen LogP contribution in [-0.4, -0.2) is 12.5 Å². The molecule has 0 aromatic rings. The van der Waals surface area contributed by atoms with Crippen molar-refractivity contribution in [2.24, 2.45) is 5.41 Å². The molecule has 0 rings (SSSR count). The highest BCUT2D eigenvalue weighted by Crippen LogP contribution is 2.09. The van der Waals surface area contributed by atoms with Gasteiger partial charge in [-0.25, -0.2) is 0 Å². The lowest BCUT2D eigenvalue weighted by Crippen LogP contribution is -2.30. The van der Waals surface area contributed by atoms with Crippen LogP contribution >= 0.6 is 0 Å². The maximum Gasteiger partial charge on any atom is 0.243 e. The lowest BCUT2D eigenvalue weighted by atomic mass is 9.97. The van der Waals surface area contributed by atoms with Gasteiger partial charge in [-0.15, -0.1) is 0 Å². The van der Waals surface area contributed by atoms with E-state index in [-0.39, 0.29) is 11.3 Å². The van der Waals surface area contributed by atoms with E-state index in [4.69, 9.17) is 0 Å². The average Bonchev–Trinajstić information content (AvgIpc) is 1.81. The molecule has 2 heteroatoms. The van der Waals surface area contributed by atoms with E-state index in [1.54, 1.807) is 0 Å². The van der Waals surface area contributed by atoms with Crippen molar-refractivity contribution < 1.29 is 4.79 Å². The standard InChI is InChI=1S/C8H14NO/c1-5-7(10)9-6-8(2,3)4/h5H,1-2,6H2,3-4H3,(H,9,10). The second-order valence-electron chi connectivity index (χ2n) is 3.09. The number of nitrogens with one attached hydrogen (secondary N) is 1. The number of rotatable bonds is 3. The summed E-state index contributed by atoms with van der Waals surface area (Å²) in [7, 11) is 0. The molecule has 0 fully saturated rings. The SMILES string of the molecule is [CH2]C(C)(C)CNC(=O)C=C. The maximum atomic E-state index is 10.6. The molecule has 1 amide bonds. The normalized spacial score (nSPS) is 10.7. The first-order chi connectivity index (χ1) is 4.45. The molecule has 1 radical (unpaired) electrons. The molecule has 0 aliphatic heterocycles. The monoisotopic (exact) mass is 140 g/mol. The number of carbonyl (C=O) groups excluding carboxylic acids is 1. The molecule has 0 saturated heterocycles. The summed E-state index contributed by atoms with van der Waals surface area (Å²) in [4.78, 5) is 10.6. The first-order valence-electron chi connectivity index (χ1n) is 3.21. The minimum Gasteiger partial charge on any atom is -0.352 e. The zero-order valence-electron chi connectivity index (χ0n) is 6.61. The molecule has 0 aliphatic rings. The molecule has 0 aromatic heterocycles. The van der Waals surface area contributed by atoms with Crippen LogP contribution in [0.3, 0.4) is 0 Å². The Morgan fingerprint density at radius 2 is 2.20 bits per heavy atom. The lowest BCUT2D eigenvalue weighted by molar-refractivity contribution is -0.116. The minimum atomic E-state index is -0.142. The summed E-state index contributed by atoms with van der Waals surface area (Å²) in [5.74, 6) is -0.142. The molecule has 10 heavy (non-hydrogen) atoms. The second-order valence-corrected chi connectivity index (χ2v) is 3.09. The van der Waals surface area contributed by atoms with Gasteiger partial charge in [0.15, 0.2) is 0 Å².